The van der Waals surface area contributed by atoms with Gasteiger partial charge in [0.15, 0.2) is 0 Å². The summed E-state index contributed by atoms with van der Waals surface area (Å²) in [7, 11) is 0. The van der Waals surface area contributed by atoms with Gasteiger partial charge >= 0.3 is 0 Å². The molecule has 1 N–H and O–H groups in total. The second kappa shape index (κ2) is 8.38. The van der Waals surface area contributed by atoms with Crippen molar-refractivity contribution in [2.75, 3.05) is 6.26 Å². The average Bonchev–Trinajstić information content (AvgIpc) is 3.51. The van der Waals surface area contributed by atoms with Crippen LogP contribution in [-0.4, -0.2) is 41.5 Å². The van der Waals surface area contributed by atoms with E-state index in [9.17, 15) is 4.79 Å². The molecule has 5 rings (SSSR count). The molecule has 9 heteroatoms. The molecule has 1 aliphatic rings. The van der Waals surface area contributed by atoms with Crippen LogP contribution in [0.1, 0.15) is 40.3 Å². The Morgan fingerprint density at radius 2 is 1.94 bits per heavy atom. The van der Waals surface area contributed by atoms with Crippen molar-refractivity contribution in [3.05, 3.63) is 64.2 Å². The molecule has 1 aliphatic carbocycles. The Morgan fingerprint density at radius 1 is 1.12 bits per heavy atom. The summed E-state index contributed by atoms with van der Waals surface area (Å²) in [4.78, 5) is 21.8. The molecule has 164 valence electrons. The van der Waals surface area contributed by atoms with Crippen molar-refractivity contribution in [2.24, 2.45) is 0 Å². The summed E-state index contributed by atoms with van der Waals surface area (Å²) in [5.41, 5.74) is 7.13. The standard InChI is InChI=1S/C23H25N7OS/c1-14-18(15(2)29-22(25-14)26-23(28-29)32-3)12-21(31)24-13-19-17-10-7-11-20(17)30(27-19)16-8-5-4-6-9-16/h4-6,8-9H,7,10-13H2,1-3H3,(H,24,31). The average molecular weight is 448 g/mol. The van der Waals surface area contributed by atoms with Gasteiger partial charge in [-0.25, -0.2) is 14.2 Å². The minimum atomic E-state index is -0.0523. The molecule has 0 saturated heterocycles. The molecule has 4 aromatic rings. The third-order valence-electron chi connectivity index (χ3n) is 6.02. The summed E-state index contributed by atoms with van der Waals surface area (Å²) in [5, 5.41) is 13.0. The second-order valence-electron chi connectivity index (χ2n) is 8.00. The van der Waals surface area contributed by atoms with Crippen LogP contribution in [0.15, 0.2) is 35.5 Å². The minimum absolute atomic E-state index is 0.0523. The molecule has 0 fully saturated rings. The van der Waals surface area contributed by atoms with E-state index in [4.69, 9.17) is 5.10 Å². The number of fused-ring (bicyclic) bond motifs is 2. The van der Waals surface area contributed by atoms with Crippen LogP contribution in [0.5, 0.6) is 0 Å². The first-order valence-corrected chi connectivity index (χ1v) is 12.0. The molecule has 0 saturated carbocycles. The summed E-state index contributed by atoms with van der Waals surface area (Å²) in [6.45, 7) is 4.30. The number of amides is 1. The fourth-order valence-electron chi connectivity index (χ4n) is 4.38. The Balaban J connectivity index is 1.34. The number of benzene rings is 1. The number of nitrogens with zero attached hydrogens (tertiary/aromatic N) is 6. The fourth-order valence-corrected chi connectivity index (χ4v) is 4.71. The highest BCUT2D eigenvalue weighted by Crippen LogP contribution is 2.27. The predicted molar refractivity (Wildman–Crippen MR) is 123 cm³/mol. The lowest BCUT2D eigenvalue weighted by Gasteiger charge is -2.10. The van der Waals surface area contributed by atoms with Gasteiger partial charge in [-0.2, -0.15) is 10.1 Å². The number of carbonyl (C=O) groups excluding carboxylic acids is 1. The van der Waals surface area contributed by atoms with E-state index >= 15 is 0 Å². The summed E-state index contributed by atoms with van der Waals surface area (Å²) in [5.74, 6) is 0.513. The SMILES string of the molecule is CSc1nc2nc(C)c(CC(=O)NCc3nn(-c4ccccc4)c4c3CCC4)c(C)n2n1. The zero-order valence-electron chi connectivity index (χ0n) is 18.4. The van der Waals surface area contributed by atoms with E-state index in [0.717, 1.165) is 47.6 Å². The monoisotopic (exact) mass is 447 g/mol. The van der Waals surface area contributed by atoms with E-state index in [1.807, 2.05) is 43.0 Å². The quantitative estimate of drug-likeness (QED) is 0.457. The lowest BCUT2D eigenvalue weighted by Crippen LogP contribution is -2.26. The molecule has 0 unspecified atom stereocenters. The van der Waals surface area contributed by atoms with E-state index in [0.29, 0.717) is 17.5 Å². The molecule has 0 bridgehead atoms. The predicted octanol–water partition coefficient (Wildman–Crippen LogP) is 3.00. The second-order valence-corrected chi connectivity index (χ2v) is 8.77. The van der Waals surface area contributed by atoms with Gasteiger partial charge in [0.2, 0.25) is 11.1 Å². The van der Waals surface area contributed by atoms with Gasteiger partial charge in [-0.15, -0.1) is 5.10 Å². The van der Waals surface area contributed by atoms with Gasteiger partial charge in [0.25, 0.3) is 5.78 Å². The largest absolute Gasteiger partial charge is 0.350 e. The summed E-state index contributed by atoms with van der Waals surface area (Å²) in [6, 6.07) is 10.2. The first-order valence-electron chi connectivity index (χ1n) is 10.7. The van der Waals surface area contributed by atoms with Crippen LogP contribution in [0.4, 0.5) is 0 Å². The molecule has 1 aromatic carbocycles. The maximum atomic E-state index is 12.8. The number of thioether (sulfide) groups is 1. The van der Waals surface area contributed by atoms with Gasteiger partial charge in [0.05, 0.1) is 24.3 Å². The van der Waals surface area contributed by atoms with Gasteiger partial charge in [0.1, 0.15) is 0 Å². The first kappa shape index (κ1) is 20.7. The summed E-state index contributed by atoms with van der Waals surface area (Å²) in [6.07, 6.45) is 5.33. The molecular formula is C23H25N7OS. The lowest BCUT2D eigenvalue weighted by molar-refractivity contribution is -0.120. The normalized spacial score (nSPS) is 13.0. The molecule has 3 heterocycles. The van der Waals surface area contributed by atoms with Crippen LogP contribution in [0.25, 0.3) is 11.5 Å². The molecule has 32 heavy (non-hydrogen) atoms. The van der Waals surface area contributed by atoms with Gasteiger partial charge in [-0.05, 0) is 57.1 Å². The number of para-hydroxylation sites is 1. The lowest BCUT2D eigenvalue weighted by atomic mass is 10.1. The summed E-state index contributed by atoms with van der Waals surface area (Å²) >= 11 is 1.47. The van der Waals surface area contributed by atoms with Crippen LogP contribution in [0.3, 0.4) is 0 Å². The van der Waals surface area contributed by atoms with E-state index in [1.54, 1.807) is 4.52 Å². The number of carbonyl (C=O) groups is 1. The molecule has 0 radical (unpaired) electrons. The number of aromatic nitrogens is 6. The van der Waals surface area contributed by atoms with Crippen LogP contribution >= 0.6 is 11.8 Å². The van der Waals surface area contributed by atoms with E-state index < -0.39 is 0 Å². The third kappa shape index (κ3) is 3.66. The van der Waals surface area contributed by atoms with Gasteiger partial charge < -0.3 is 5.32 Å². The molecule has 0 spiro atoms. The van der Waals surface area contributed by atoms with Crippen LogP contribution in [0.2, 0.25) is 0 Å². The minimum Gasteiger partial charge on any atom is -0.350 e. The highest BCUT2D eigenvalue weighted by molar-refractivity contribution is 7.98. The van der Waals surface area contributed by atoms with Crippen molar-refractivity contribution in [1.82, 2.24) is 34.7 Å². The van der Waals surface area contributed by atoms with Crippen molar-refractivity contribution in [1.29, 1.82) is 0 Å². The molecule has 8 nitrogen and oxygen atoms in total. The number of aryl methyl sites for hydroxylation is 2. The maximum absolute atomic E-state index is 12.8. The molecule has 3 aromatic heterocycles. The Bertz CT molecular complexity index is 1310. The van der Waals surface area contributed by atoms with Crippen molar-refractivity contribution in [3.63, 3.8) is 0 Å². The van der Waals surface area contributed by atoms with E-state index in [2.05, 4.69) is 32.5 Å². The Hall–Kier alpha value is -3.20. The van der Waals surface area contributed by atoms with Crippen LogP contribution in [0, 0.1) is 13.8 Å². The first-order chi connectivity index (χ1) is 15.5. The number of nitrogens with one attached hydrogen (secondary N) is 1. The third-order valence-corrected chi connectivity index (χ3v) is 6.55. The number of hydrogen-bond donors (Lipinski definition) is 1. The van der Waals surface area contributed by atoms with E-state index in [-0.39, 0.29) is 12.3 Å². The Kier molecular flexibility index (Phi) is 5.42. The number of rotatable bonds is 6. The maximum Gasteiger partial charge on any atom is 0.253 e. The zero-order chi connectivity index (χ0) is 22.2. The molecule has 0 atom stereocenters. The molecular weight excluding hydrogens is 422 g/mol. The smallest absolute Gasteiger partial charge is 0.253 e. The molecule has 1 amide bonds. The fraction of sp³-hybridized carbons (Fsp3) is 0.348. The van der Waals surface area contributed by atoms with Crippen molar-refractivity contribution >= 4 is 23.4 Å². The van der Waals surface area contributed by atoms with Crippen molar-refractivity contribution in [3.8, 4) is 5.69 Å². The van der Waals surface area contributed by atoms with Crippen molar-refractivity contribution < 1.29 is 4.79 Å². The Labute approximate surface area is 190 Å². The van der Waals surface area contributed by atoms with Crippen molar-refractivity contribution in [2.45, 2.75) is 51.2 Å². The van der Waals surface area contributed by atoms with Gasteiger partial charge in [0, 0.05) is 22.6 Å². The number of hydrogen-bond acceptors (Lipinski definition) is 6. The topological polar surface area (TPSA) is 90.0 Å². The highest BCUT2D eigenvalue weighted by atomic mass is 32.2. The van der Waals surface area contributed by atoms with Gasteiger partial charge in [-0.3, -0.25) is 4.79 Å². The van der Waals surface area contributed by atoms with Crippen LogP contribution < -0.4 is 5.32 Å². The Morgan fingerprint density at radius 3 is 2.72 bits per heavy atom. The van der Waals surface area contributed by atoms with E-state index in [1.165, 1.54) is 23.0 Å². The highest BCUT2D eigenvalue weighted by Gasteiger charge is 2.23. The van der Waals surface area contributed by atoms with Gasteiger partial charge in [-0.1, -0.05) is 30.0 Å². The molecule has 0 aliphatic heterocycles. The summed E-state index contributed by atoms with van der Waals surface area (Å²) < 4.78 is 3.75. The van der Waals surface area contributed by atoms with Crippen LogP contribution in [-0.2, 0) is 30.6 Å². The zero-order valence-corrected chi connectivity index (χ0v) is 19.2.